The van der Waals surface area contributed by atoms with Crippen LogP contribution in [0.2, 0.25) is 0 Å². The molecule has 112 valence electrons. The van der Waals surface area contributed by atoms with Crippen LogP contribution in [0.25, 0.3) is 11.3 Å². The molecule has 0 aliphatic heterocycles. The number of benzene rings is 1. The van der Waals surface area contributed by atoms with Gasteiger partial charge in [-0.2, -0.15) is 0 Å². The molecular formula is C15H20N4O2. The Morgan fingerprint density at radius 2 is 2.10 bits per heavy atom. The number of ether oxygens (including phenoxy) is 1. The van der Waals surface area contributed by atoms with Gasteiger partial charge in [0.1, 0.15) is 5.60 Å². The molecule has 2 rings (SSSR count). The number of amides is 1. The van der Waals surface area contributed by atoms with Crippen LogP contribution in [0.1, 0.15) is 26.3 Å². The molecule has 6 heteroatoms. The molecule has 0 bridgehead atoms. The van der Waals surface area contributed by atoms with Crippen LogP contribution in [0, 0.1) is 6.92 Å². The number of hydrogen-bond donors (Lipinski definition) is 3. The SMILES string of the molecule is Cc1ccc(-c2cnc(N)[nH]2)cc1NC(=O)OC(C)(C)C. The number of nitrogen functional groups attached to an aromatic ring is 1. The standard InChI is InChI=1S/C15H20N4O2/c1-9-5-6-10(12-8-17-13(16)18-12)7-11(9)19-14(20)21-15(2,3)4/h5-8H,1-4H3,(H,19,20)(H3,16,17,18). The summed E-state index contributed by atoms with van der Waals surface area (Å²) in [7, 11) is 0. The molecule has 1 aromatic heterocycles. The minimum absolute atomic E-state index is 0.354. The Kier molecular flexibility index (Phi) is 3.88. The normalized spacial score (nSPS) is 11.2. The smallest absolute Gasteiger partial charge is 0.412 e. The molecule has 1 aromatic carbocycles. The van der Waals surface area contributed by atoms with Gasteiger partial charge in [0.2, 0.25) is 0 Å². The minimum Gasteiger partial charge on any atom is -0.444 e. The van der Waals surface area contributed by atoms with E-state index < -0.39 is 11.7 Å². The molecule has 0 unspecified atom stereocenters. The lowest BCUT2D eigenvalue weighted by Gasteiger charge is -2.20. The topological polar surface area (TPSA) is 93.0 Å². The number of carbonyl (C=O) groups is 1. The number of aromatic nitrogens is 2. The first kappa shape index (κ1) is 14.9. The van der Waals surface area contributed by atoms with Gasteiger partial charge in [0, 0.05) is 11.3 Å². The van der Waals surface area contributed by atoms with Crippen molar-refractivity contribution in [1.29, 1.82) is 0 Å². The zero-order chi connectivity index (χ0) is 15.6. The van der Waals surface area contributed by atoms with E-state index in [0.29, 0.717) is 11.6 Å². The van der Waals surface area contributed by atoms with Crippen LogP contribution < -0.4 is 11.1 Å². The van der Waals surface area contributed by atoms with Crippen molar-refractivity contribution in [1.82, 2.24) is 9.97 Å². The largest absolute Gasteiger partial charge is 0.444 e. The fourth-order valence-electron chi connectivity index (χ4n) is 1.82. The molecule has 21 heavy (non-hydrogen) atoms. The Balaban J connectivity index is 2.22. The van der Waals surface area contributed by atoms with Crippen molar-refractivity contribution >= 4 is 17.7 Å². The maximum absolute atomic E-state index is 11.9. The van der Waals surface area contributed by atoms with Gasteiger partial charge >= 0.3 is 6.09 Å². The molecule has 4 N–H and O–H groups in total. The fourth-order valence-corrected chi connectivity index (χ4v) is 1.82. The number of carbonyl (C=O) groups excluding carboxylic acids is 1. The molecule has 0 fully saturated rings. The third-order valence-electron chi connectivity index (χ3n) is 2.78. The number of nitrogens with one attached hydrogen (secondary N) is 2. The van der Waals surface area contributed by atoms with Gasteiger partial charge in [0.15, 0.2) is 5.95 Å². The predicted molar refractivity (Wildman–Crippen MR) is 83.0 cm³/mol. The summed E-state index contributed by atoms with van der Waals surface area (Å²) in [6, 6.07) is 5.70. The monoisotopic (exact) mass is 288 g/mol. The van der Waals surface area contributed by atoms with E-state index in [2.05, 4.69) is 15.3 Å². The average Bonchev–Trinajstić information content (AvgIpc) is 2.76. The molecule has 1 amide bonds. The second kappa shape index (κ2) is 5.47. The molecule has 0 aliphatic carbocycles. The summed E-state index contributed by atoms with van der Waals surface area (Å²) in [5, 5.41) is 2.76. The van der Waals surface area contributed by atoms with E-state index in [1.165, 1.54) is 0 Å². The van der Waals surface area contributed by atoms with Gasteiger partial charge in [-0.3, -0.25) is 5.32 Å². The van der Waals surface area contributed by atoms with Gasteiger partial charge in [0.25, 0.3) is 0 Å². The maximum Gasteiger partial charge on any atom is 0.412 e. The van der Waals surface area contributed by atoms with Crippen molar-refractivity contribution in [3.05, 3.63) is 30.0 Å². The molecule has 6 nitrogen and oxygen atoms in total. The van der Waals surface area contributed by atoms with Crippen LogP contribution in [0.4, 0.5) is 16.4 Å². The van der Waals surface area contributed by atoms with E-state index in [9.17, 15) is 4.79 Å². The van der Waals surface area contributed by atoms with Crippen molar-refractivity contribution < 1.29 is 9.53 Å². The highest BCUT2D eigenvalue weighted by molar-refractivity contribution is 5.87. The first-order valence-corrected chi connectivity index (χ1v) is 6.66. The summed E-state index contributed by atoms with van der Waals surface area (Å²) in [4.78, 5) is 18.8. The lowest BCUT2D eigenvalue weighted by molar-refractivity contribution is 0.0636. The van der Waals surface area contributed by atoms with Gasteiger partial charge in [0.05, 0.1) is 11.9 Å². The third-order valence-corrected chi connectivity index (χ3v) is 2.78. The predicted octanol–water partition coefficient (Wildman–Crippen LogP) is 3.31. The third kappa shape index (κ3) is 3.98. The van der Waals surface area contributed by atoms with Crippen LogP contribution in [-0.2, 0) is 4.74 Å². The zero-order valence-electron chi connectivity index (χ0n) is 12.7. The Morgan fingerprint density at radius 3 is 2.67 bits per heavy atom. The van der Waals surface area contributed by atoms with Crippen LogP contribution in [0.5, 0.6) is 0 Å². The number of hydrogen-bond acceptors (Lipinski definition) is 4. The van der Waals surface area contributed by atoms with E-state index in [1.54, 1.807) is 6.20 Å². The summed E-state index contributed by atoms with van der Waals surface area (Å²) in [5.74, 6) is 0.354. The summed E-state index contributed by atoms with van der Waals surface area (Å²) < 4.78 is 5.26. The highest BCUT2D eigenvalue weighted by atomic mass is 16.6. The summed E-state index contributed by atoms with van der Waals surface area (Å²) in [5.41, 5.74) is 8.35. The van der Waals surface area contributed by atoms with E-state index in [1.807, 2.05) is 45.9 Å². The van der Waals surface area contributed by atoms with Gasteiger partial charge in [-0.25, -0.2) is 9.78 Å². The van der Waals surface area contributed by atoms with Crippen LogP contribution in [0.15, 0.2) is 24.4 Å². The van der Waals surface area contributed by atoms with E-state index in [-0.39, 0.29) is 0 Å². The van der Waals surface area contributed by atoms with E-state index in [4.69, 9.17) is 10.5 Å². The first-order chi connectivity index (χ1) is 9.74. The maximum atomic E-state index is 11.9. The van der Waals surface area contributed by atoms with Crippen LogP contribution in [0.3, 0.4) is 0 Å². The minimum atomic E-state index is -0.534. The lowest BCUT2D eigenvalue weighted by Crippen LogP contribution is -2.27. The number of nitrogens with two attached hydrogens (primary N) is 1. The molecule has 0 aliphatic rings. The Bertz CT molecular complexity index is 656. The molecular weight excluding hydrogens is 268 g/mol. The van der Waals surface area contributed by atoms with Gasteiger partial charge in [-0.15, -0.1) is 0 Å². The quantitative estimate of drug-likeness (QED) is 0.790. The average molecular weight is 288 g/mol. The highest BCUT2D eigenvalue weighted by Crippen LogP contribution is 2.25. The number of imidazole rings is 1. The van der Waals surface area contributed by atoms with Crippen molar-refractivity contribution in [2.45, 2.75) is 33.3 Å². The fraction of sp³-hybridized carbons (Fsp3) is 0.333. The van der Waals surface area contributed by atoms with Crippen LogP contribution >= 0.6 is 0 Å². The summed E-state index contributed by atoms with van der Waals surface area (Å²) >= 11 is 0. The number of aromatic amines is 1. The molecule has 0 spiro atoms. The zero-order valence-corrected chi connectivity index (χ0v) is 12.7. The molecule has 0 atom stereocenters. The number of nitrogens with zero attached hydrogens (tertiary/aromatic N) is 1. The second-order valence-electron chi connectivity index (χ2n) is 5.84. The van der Waals surface area contributed by atoms with Gasteiger partial charge < -0.3 is 15.5 Å². The molecule has 0 radical (unpaired) electrons. The summed E-state index contributed by atoms with van der Waals surface area (Å²) in [6.45, 7) is 7.38. The second-order valence-corrected chi connectivity index (χ2v) is 5.84. The highest BCUT2D eigenvalue weighted by Gasteiger charge is 2.17. The molecule has 0 saturated carbocycles. The number of anilines is 2. The van der Waals surface area contributed by atoms with E-state index >= 15 is 0 Å². The van der Waals surface area contributed by atoms with Crippen molar-refractivity contribution in [3.63, 3.8) is 0 Å². The van der Waals surface area contributed by atoms with E-state index in [0.717, 1.165) is 16.8 Å². The molecule has 1 heterocycles. The first-order valence-electron chi connectivity index (χ1n) is 6.66. The van der Waals surface area contributed by atoms with Gasteiger partial charge in [-0.05, 0) is 39.3 Å². The molecule has 0 saturated heterocycles. The Labute approximate surface area is 123 Å². The Hall–Kier alpha value is -2.50. The lowest BCUT2D eigenvalue weighted by atomic mass is 10.1. The molecule has 2 aromatic rings. The van der Waals surface area contributed by atoms with Gasteiger partial charge in [-0.1, -0.05) is 12.1 Å². The number of aryl methyl sites for hydroxylation is 1. The number of H-pyrrole nitrogens is 1. The Morgan fingerprint density at radius 1 is 1.38 bits per heavy atom. The number of rotatable bonds is 2. The van der Waals surface area contributed by atoms with Crippen molar-refractivity contribution in [2.75, 3.05) is 11.1 Å². The summed E-state index contributed by atoms with van der Waals surface area (Å²) in [6.07, 6.45) is 1.17. The van der Waals surface area contributed by atoms with Crippen LogP contribution in [-0.4, -0.2) is 21.7 Å². The van der Waals surface area contributed by atoms with Crippen molar-refractivity contribution in [2.24, 2.45) is 0 Å². The van der Waals surface area contributed by atoms with Crippen molar-refractivity contribution in [3.8, 4) is 11.3 Å².